The first-order valence-electron chi connectivity index (χ1n) is 6.56. The predicted octanol–water partition coefficient (Wildman–Crippen LogP) is 3.50. The number of halogens is 1. The zero-order chi connectivity index (χ0) is 13.2. The summed E-state index contributed by atoms with van der Waals surface area (Å²) < 4.78 is 0.868. The van der Waals surface area contributed by atoms with Crippen molar-refractivity contribution in [2.45, 2.75) is 26.3 Å². The van der Waals surface area contributed by atoms with Gasteiger partial charge in [-0.05, 0) is 41.3 Å². The molecule has 0 aliphatic carbocycles. The van der Waals surface area contributed by atoms with Crippen molar-refractivity contribution in [3.8, 4) is 0 Å². The fourth-order valence-corrected chi connectivity index (χ4v) is 2.74. The van der Waals surface area contributed by atoms with Gasteiger partial charge in [-0.15, -0.1) is 0 Å². The smallest absolute Gasteiger partial charge is 0.151 e. The van der Waals surface area contributed by atoms with Gasteiger partial charge in [-0.2, -0.15) is 0 Å². The van der Waals surface area contributed by atoms with Crippen LogP contribution in [-0.4, -0.2) is 16.5 Å². The van der Waals surface area contributed by atoms with Crippen molar-refractivity contribution in [3.05, 3.63) is 51.9 Å². The van der Waals surface area contributed by atoms with Gasteiger partial charge >= 0.3 is 0 Å². The number of fused-ring (bicyclic) bond motifs is 1. The Morgan fingerprint density at radius 1 is 1.21 bits per heavy atom. The molecule has 4 heteroatoms. The van der Waals surface area contributed by atoms with Crippen LogP contribution >= 0.6 is 15.9 Å². The maximum atomic E-state index is 4.71. The number of hydrogen-bond acceptors (Lipinski definition) is 3. The number of aryl methyl sites for hydroxylation is 2. The van der Waals surface area contributed by atoms with E-state index in [1.54, 1.807) is 0 Å². The van der Waals surface area contributed by atoms with E-state index in [1.165, 1.54) is 5.56 Å². The monoisotopic (exact) mass is 317 g/mol. The summed E-state index contributed by atoms with van der Waals surface area (Å²) in [5, 5.41) is 0. The topological polar surface area (TPSA) is 29.0 Å². The van der Waals surface area contributed by atoms with Crippen molar-refractivity contribution < 1.29 is 0 Å². The van der Waals surface area contributed by atoms with E-state index in [9.17, 15) is 0 Å². The van der Waals surface area contributed by atoms with Gasteiger partial charge in [0, 0.05) is 13.1 Å². The number of hydrogen-bond donors (Lipinski definition) is 0. The molecule has 2 heterocycles. The van der Waals surface area contributed by atoms with Gasteiger partial charge in [-0.1, -0.05) is 30.3 Å². The zero-order valence-corrected chi connectivity index (χ0v) is 12.5. The number of aromatic nitrogens is 2. The normalized spacial score (nSPS) is 14.3. The second-order valence-corrected chi connectivity index (χ2v) is 5.63. The molecule has 0 bridgehead atoms. The van der Waals surface area contributed by atoms with Crippen molar-refractivity contribution in [1.29, 1.82) is 0 Å². The highest BCUT2D eigenvalue weighted by molar-refractivity contribution is 9.10. The molecule has 0 atom stereocenters. The third-order valence-electron chi connectivity index (χ3n) is 3.42. The van der Waals surface area contributed by atoms with Gasteiger partial charge in [0.05, 0.1) is 11.4 Å². The second kappa shape index (κ2) is 5.29. The van der Waals surface area contributed by atoms with Gasteiger partial charge in [-0.3, -0.25) is 0 Å². The molecule has 3 rings (SSSR count). The molecule has 1 aromatic heterocycles. The molecule has 2 aromatic rings. The average molecular weight is 318 g/mol. The first-order chi connectivity index (χ1) is 9.24. The summed E-state index contributed by atoms with van der Waals surface area (Å²) in [6.07, 6.45) is 2.16. The molecule has 0 saturated heterocycles. The van der Waals surface area contributed by atoms with E-state index in [2.05, 4.69) is 56.1 Å². The Bertz CT molecular complexity index is 583. The summed E-state index contributed by atoms with van der Waals surface area (Å²) >= 11 is 3.47. The number of nitrogens with zero attached hydrogens (tertiary/aromatic N) is 3. The maximum absolute atomic E-state index is 4.71. The van der Waals surface area contributed by atoms with Gasteiger partial charge in [-0.25, -0.2) is 9.97 Å². The van der Waals surface area contributed by atoms with E-state index >= 15 is 0 Å². The van der Waals surface area contributed by atoms with Crippen molar-refractivity contribution >= 4 is 21.7 Å². The molecule has 98 valence electrons. The van der Waals surface area contributed by atoms with Gasteiger partial charge in [0.25, 0.3) is 0 Å². The highest BCUT2D eigenvalue weighted by Gasteiger charge is 2.21. The van der Waals surface area contributed by atoms with Crippen LogP contribution in [0.5, 0.6) is 0 Å². The molecular formula is C15H16BrN3. The van der Waals surface area contributed by atoms with E-state index in [4.69, 9.17) is 4.98 Å². The Kier molecular flexibility index (Phi) is 3.51. The number of rotatable bonds is 2. The molecule has 1 aliphatic rings. The van der Waals surface area contributed by atoms with Crippen molar-refractivity contribution in [3.63, 3.8) is 0 Å². The van der Waals surface area contributed by atoms with Crippen molar-refractivity contribution in [2.24, 2.45) is 0 Å². The molecule has 0 fully saturated rings. The summed E-state index contributed by atoms with van der Waals surface area (Å²) in [4.78, 5) is 11.7. The lowest BCUT2D eigenvalue weighted by Gasteiger charge is -2.30. The van der Waals surface area contributed by atoms with Crippen LogP contribution in [0.1, 0.15) is 23.4 Å². The molecule has 1 aliphatic heterocycles. The van der Waals surface area contributed by atoms with Gasteiger partial charge < -0.3 is 4.90 Å². The Balaban J connectivity index is 1.92. The van der Waals surface area contributed by atoms with Crippen molar-refractivity contribution in [1.82, 2.24) is 9.97 Å². The molecule has 0 spiro atoms. The predicted molar refractivity (Wildman–Crippen MR) is 80.3 cm³/mol. The molecule has 19 heavy (non-hydrogen) atoms. The lowest BCUT2D eigenvalue weighted by Crippen LogP contribution is -2.30. The second-order valence-electron chi connectivity index (χ2n) is 4.88. The largest absolute Gasteiger partial charge is 0.351 e. The lowest BCUT2D eigenvalue weighted by atomic mass is 10.1. The average Bonchev–Trinajstić information content (AvgIpc) is 2.42. The highest BCUT2D eigenvalue weighted by Crippen LogP contribution is 2.27. The van der Waals surface area contributed by atoms with Gasteiger partial charge in [0.2, 0.25) is 0 Å². The summed E-state index contributed by atoms with van der Waals surface area (Å²) in [6.45, 7) is 3.95. The first-order valence-corrected chi connectivity index (χ1v) is 7.35. The van der Waals surface area contributed by atoms with E-state index < -0.39 is 0 Å². The van der Waals surface area contributed by atoms with Crippen molar-refractivity contribution in [2.75, 3.05) is 11.4 Å². The minimum Gasteiger partial charge on any atom is -0.351 e. The third-order valence-corrected chi connectivity index (χ3v) is 4.17. The van der Waals surface area contributed by atoms with Crippen LogP contribution in [0.3, 0.4) is 0 Å². The van der Waals surface area contributed by atoms with E-state index in [0.29, 0.717) is 0 Å². The Labute approximate surface area is 121 Å². The molecule has 3 nitrogen and oxygen atoms in total. The Morgan fingerprint density at radius 2 is 2.00 bits per heavy atom. The molecule has 1 aromatic carbocycles. The minimum atomic E-state index is 0.868. The molecular weight excluding hydrogens is 302 g/mol. The summed E-state index contributed by atoms with van der Waals surface area (Å²) in [5.74, 6) is 1.05. The third kappa shape index (κ3) is 2.63. The lowest BCUT2D eigenvalue weighted by molar-refractivity contribution is 0.659. The Hall–Kier alpha value is -1.42. The quantitative estimate of drug-likeness (QED) is 0.849. The van der Waals surface area contributed by atoms with Crippen LogP contribution in [0.4, 0.5) is 5.82 Å². The van der Waals surface area contributed by atoms with E-state index in [1.807, 2.05) is 6.92 Å². The maximum Gasteiger partial charge on any atom is 0.151 e. The zero-order valence-electron chi connectivity index (χ0n) is 10.9. The van der Waals surface area contributed by atoms with Crippen LogP contribution in [0.25, 0.3) is 0 Å². The fraction of sp³-hybridized carbons (Fsp3) is 0.333. The van der Waals surface area contributed by atoms with E-state index in [0.717, 1.165) is 47.7 Å². The molecule has 0 radical (unpaired) electrons. The van der Waals surface area contributed by atoms with Crippen LogP contribution < -0.4 is 4.90 Å². The van der Waals surface area contributed by atoms with Gasteiger partial charge in [0.15, 0.2) is 5.82 Å². The SMILES string of the molecule is Cc1nc2c(nc1Br)CCCN2Cc1ccccc1. The standard InChI is InChI=1S/C15H16BrN3/c1-11-14(16)18-13-8-5-9-19(15(13)17-11)10-12-6-3-2-4-7-12/h2-4,6-7H,5,8-10H2,1H3. The highest BCUT2D eigenvalue weighted by atomic mass is 79.9. The van der Waals surface area contributed by atoms with Crippen LogP contribution in [0.15, 0.2) is 34.9 Å². The number of anilines is 1. The Morgan fingerprint density at radius 3 is 2.79 bits per heavy atom. The first kappa shape index (κ1) is 12.6. The molecule has 0 amide bonds. The van der Waals surface area contributed by atoms with Crippen LogP contribution in [0, 0.1) is 6.92 Å². The molecule has 0 N–H and O–H groups in total. The summed E-state index contributed by atoms with van der Waals surface area (Å²) in [7, 11) is 0. The van der Waals surface area contributed by atoms with Gasteiger partial charge in [0.1, 0.15) is 4.60 Å². The summed E-state index contributed by atoms with van der Waals surface area (Å²) in [6, 6.07) is 10.5. The van der Waals surface area contributed by atoms with Crippen LogP contribution in [0.2, 0.25) is 0 Å². The fourth-order valence-electron chi connectivity index (χ4n) is 2.44. The van der Waals surface area contributed by atoms with E-state index in [-0.39, 0.29) is 0 Å². The number of benzene rings is 1. The molecule has 0 unspecified atom stereocenters. The summed E-state index contributed by atoms with van der Waals surface area (Å²) in [5.41, 5.74) is 3.39. The molecule has 0 saturated carbocycles. The minimum absolute atomic E-state index is 0.868. The van der Waals surface area contributed by atoms with Crippen LogP contribution in [-0.2, 0) is 13.0 Å².